The van der Waals surface area contributed by atoms with Crippen molar-refractivity contribution < 1.29 is 9.59 Å². The van der Waals surface area contributed by atoms with Gasteiger partial charge >= 0.3 is 0 Å². The molecular weight excluding hydrogens is 370 g/mol. The van der Waals surface area contributed by atoms with Crippen LogP contribution in [0.5, 0.6) is 0 Å². The van der Waals surface area contributed by atoms with Gasteiger partial charge in [0.15, 0.2) is 5.65 Å². The fourth-order valence-electron chi connectivity index (χ4n) is 5.06. The fraction of sp³-hybridized carbons (Fsp3) is 0.650. The van der Waals surface area contributed by atoms with Crippen molar-refractivity contribution in [3.05, 3.63) is 12.5 Å². The summed E-state index contributed by atoms with van der Waals surface area (Å²) in [6, 6.07) is 0.358. The van der Waals surface area contributed by atoms with Gasteiger partial charge in [-0.05, 0) is 12.8 Å². The van der Waals surface area contributed by atoms with Gasteiger partial charge in [-0.15, -0.1) is 0 Å². The van der Waals surface area contributed by atoms with Gasteiger partial charge in [0.05, 0.1) is 17.5 Å². The first-order chi connectivity index (χ1) is 14.1. The quantitative estimate of drug-likeness (QED) is 0.762. The molecule has 29 heavy (non-hydrogen) atoms. The fourth-order valence-corrected chi connectivity index (χ4v) is 5.06. The summed E-state index contributed by atoms with van der Waals surface area (Å²) in [5.74, 6) is 0.985. The SMILES string of the molecule is Cn1ncc2c(N3CCN(C(=O)[C@@H]4CC(=O)N(C5CCCC5)C4)CC3)ncnc21. The van der Waals surface area contributed by atoms with Crippen LogP contribution in [0.1, 0.15) is 32.1 Å². The number of piperazine rings is 1. The summed E-state index contributed by atoms with van der Waals surface area (Å²) in [4.78, 5) is 40.4. The van der Waals surface area contributed by atoms with Crippen LogP contribution in [0.4, 0.5) is 5.82 Å². The molecule has 0 unspecified atom stereocenters. The highest BCUT2D eigenvalue weighted by atomic mass is 16.2. The highest BCUT2D eigenvalue weighted by molar-refractivity contribution is 5.90. The maximum absolute atomic E-state index is 13.1. The Morgan fingerprint density at radius 3 is 2.62 bits per heavy atom. The van der Waals surface area contributed by atoms with Gasteiger partial charge in [0.25, 0.3) is 0 Å². The molecule has 2 aromatic rings. The Kier molecular flexibility index (Phi) is 4.60. The average Bonchev–Trinajstić information content (AvgIpc) is 3.48. The number of likely N-dealkylation sites (tertiary alicyclic amines) is 1. The van der Waals surface area contributed by atoms with E-state index in [0.717, 1.165) is 42.8 Å². The van der Waals surface area contributed by atoms with Crippen molar-refractivity contribution in [1.29, 1.82) is 0 Å². The van der Waals surface area contributed by atoms with E-state index in [0.29, 0.717) is 32.1 Å². The Morgan fingerprint density at radius 1 is 1.10 bits per heavy atom. The maximum Gasteiger partial charge on any atom is 0.228 e. The van der Waals surface area contributed by atoms with Gasteiger partial charge in [0.2, 0.25) is 11.8 Å². The molecule has 5 rings (SSSR count). The molecule has 3 fully saturated rings. The lowest BCUT2D eigenvalue weighted by molar-refractivity contribution is -0.136. The number of carbonyl (C=O) groups excluding carboxylic acids is 2. The Morgan fingerprint density at radius 2 is 1.86 bits per heavy atom. The molecule has 0 N–H and O–H groups in total. The first kappa shape index (κ1) is 18.3. The molecule has 1 saturated carbocycles. The van der Waals surface area contributed by atoms with E-state index in [2.05, 4.69) is 20.0 Å². The highest BCUT2D eigenvalue weighted by Gasteiger charge is 2.40. The molecule has 2 aliphatic heterocycles. The van der Waals surface area contributed by atoms with Crippen LogP contribution >= 0.6 is 0 Å². The Labute approximate surface area is 169 Å². The molecular formula is C20H27N7O2. The number of fused-ring (bicyclic) bond motifs is 1. The second kappa shape index (κ2) is 7.27. The van der Waals surface area contributed by atoms with Gasteiger partial charge in [-0.1, -0.05) is 12.8 Å². The van der Waals surface area contributed by atoms with E-state index in [1.165, 1.54) is 12.8 Å². The summed E-state index contributed by atoms with van der Waals surface area (Å²) in [6.07, 6.45) is 8.31. The van der Waals surface area contributed by atoms with Crippen molar-refractivity contribution in [2.45, 2.75) is 38.1 Å². The zero-order chi connectivity index (χ0) is 20.0. The zero-order valence-electron chi connectivity index (χ0n) is 16.8. The highest BCUT2D eigenvalue weighted by Crippen LogP contribution is 2.30. The predicted octanol–water partition coefficient (Wildman–Crippen LogP) is 0.803. The van der Waals surface area contributed by atoms with E-state index < -0.39 is 0 Å². The molecule has 0 aromatic carbocycles. The summed E-state index contributed by atoms with van der Waals surface area (Å²) >= 11 is 0. The largest absolute Gasteiger partial charge is 0.352 e. The van der Waals surface area contributed by atoms with Crippen LogP contribution in [0, 0.1) is 5.92 Å². The first-order valence-corrected chi connectivity index (χ1v) is 10.6. The molecule has 4 heterocycles. The zero-order valence-corrected chi connectivity index (χ0v) is 16.8. The first-order valence-electron chi connectivity index (χ1n) is 10.6. The molecule has 3 aliphatic rings. The average molecular weight is 397 g/mol. The number of hydrogen-bond acceptors (Lipinski definition) is 6. The summed E-state index contributed by atoms with van der Waals surface area (Å²) in [5, 5.41) is 5.21. The molecule has 9 nitrogen and oxygen atoms in total. The number of aromatic nitrogens is 4. The smallest absolute Gasteiger partial charge is 0.228 e. The van der Waals surface area contributed by atoms with Gasteiger partial charge < -0.3 is 14.7 Å². The second-order valence-corrected chi connectivity index (χ2v) is 8.40. The van der Waals surface area contributed by atoms with Crippen molar-refractivity contribution in [2.75, 3.05) is 37.6 Å². The lowest BCUT2D eigenvalue weighted by Crippen LogP contribution is -2.51. The Bertz CT molecular complexity index is 928. The third kappa shape index (κ3) is 3.22. The van der Waals surface area contributed by atoms with Crippen LogP contribution in [-0.2, 0) is 16.6 Å². The summed E-state index contributed by atoms with van der Waals surface area (Å²) in [5.41, 5.74) is 0.810. The Balaban J connectivity index is 1.22. The number of hydrogen-bond donors (Lipinski definition) is 0. The van der Waals surface area contributed by atoms with Gasteiger partial charge in [-0.25, -0.2) is 9.97 Å². The summed E-state index contributed by atoms with van der Waals surface area (Å²) in [6.45, 7) is 3.35. The van der Waals surface area contributed by atoms with Crippen LogP contribution in [-0.4, -0.2) is 80.1 Å². The van der Waals surface area contributed by atoms with Crippen molar-refractivity contribution >= 4 is 28.7 Å². The number of nitrogens with zero attached hydrogens (tertiary/aromatic N) is 7. The van der Waals surface area contributed by atoms with Crippen LogP contribution in [0.3, 0.4) is 0 Å². The number of aryl methyl sites for hydroxylation is 1. The molecule has 0 bridgehead atoms. The number of carbonyl (C=O) groups is 2. The monoisotopic (exact) mass is 397 g/mol. The topological polar surface area (TPSA) is 87.5 Å². The minimum atomic E-state index is -0.182. The van der Waals surface area contributed by atoms with E-state index in [4.69, 9.17) is 0 Å². The third-order valence-electron chi connectivity index (χ3n) is 6.67. The predicted molar refractivity (Wildman–Crippen MR) is 107 cm³/mol. The lowest BCUT2D eigenvalue weighted by Gasteiger charge is -2.36. The molecule has 1 aliphatic carbocycles. The van der Waals surface area contributed by atoms with E-state index in [-0.39, 0.29) is 17.7 Å². The molecule has 2 saturated heterocycles. The van der Waals surface area contributed by atoms with Crippen LogP contribution in [0.15, 0.2) is 12.5 Å². The van der Waals surface area contributed by atoms with Crippen LogP contribution < -0.4 is 4.90 Å². The van der Waals surface area contributed by atoms with Gasteiger partial charge in [-0.3, -0.25) is 14.3 Å². The van der Waals surface area contributed by atoms with Gasteiger partial charge in [0.1, 0.15) is 12.1 Å². The molecule has 0 spiro atoms. The van der Waals surface area contributed by atoms with Crippen molar-refractivity contribution in [3.8, 4) is 0 Å². The van der Waals surface area contributed by atoms with E-state index in [1.807, 2.05) is 16.8 Å². The molecule has 2 aromatic heterocycles. The van der Waals surface area contributed by atoms with E-state index >= 15 is 0 Å². The number of anilines is 1. The molecule has 2 amide bonds. The van der Waals surface area contributed by atoms with Crippen LogP contribution in [0.25, 0.3) is 11.0 Å². The van der Waals surface area contributed by atoms with E-state index in [1.54, 1.807) is 17.2 Å². The maximum atomic E-state index is 13.1. The van der Waals surface area contributed by atoms with E-state index in [9.17, 15) is 9.59 Å². The van der Waals surface area contributed by atoms with Gasteiger partial charge in [0, 0.05) is 52.2 Å². The Hall–Kier alpha value is -2.71. The van der Waals surface area contributed by atoms with Crippen molar-refractivity contribution in [1.82, 2.24) is 29.5 Å². The van der Waals surface area contributed by atoms with Crippen LogP contribution in [0.2, 0.25) is 0 Å². The standard InChI is InChI=1S/C20H27N7O2/c1-24-18-16(11-23-24)19(22-13-21-18)25-6-8-26(9-7-25)20(29)14-10-17(28)27(12-14)15-4-2-3-5-15/h11,13-15H,2-10,12H2,1H3/t14-/m1/s1. The molecule has 9 heteroatoms. The third-order valence-corrected chi connectivity index (χ3v) is 6.67. The summed E-state index contributed by atoms with van der Waals surface area (Å²) < 4.78 is 1.74. The minimum Gasteiger partial charge on any atom is -0.352 e. The lowest BCUT2D eigenvalue weighted by atomic mass is 10.1. The molecule has 154 valence electrons. The van der Waals surface area contributed by atoms with Crippen molar-refractivity contribution in [2.24, 2.45) is 13.0 Å². The van der Waals surface area contributed by atoms with Crippen molar-refractivity contribution in [3.63, 3.8) is 0 Å². The normalized spacial score (nSPS) is 23.6. The number of amides is 2. The minimum absolute atomic E-state index is 0.132. The molecule has 0 radical (unpaired) electrons. The summed E-state index contributed by atoms with van der Waals surface area (Å²) in [7, 11) is 1.87. The number of rotatable bonds is 3. The van der Waals surface area contributed by atoms with Gasteiger partial charge in [-0.2, -0.15) is 5.10 Å². The second-order valence-electron chi connectivity index (χ2n) is 8.40. The molecule has 1 atom stereocenters.